The Morgan fingerprint density at radius 1 is 0.947 bits per heavy atom. The Balaban J connectivity index is 1.26. The van der Waals surface area contributed by atoms with E-state index in [0.29, 0.717) is 11.1 Å². The minimum Gasteiger partial charge on any atom is -0.404 e. The maximum absolute atomic E-state index is 14.7. The summed E-state index contributed by atoms with van der Waals surface area (Å²) in [5.41, 5.74) is 5.77. The van der Waals surface area contributed by atoms with Gasteiger partial charge in [-0.05, 0) is 41.3 Å². The number of phosphoric acid groups is 1. The average Bonchev–Trinajstić information content (AvgIpc) is 3.53. The van der Waals surface area contributed by atoms with Crippen molar-refractivity contribution < 1.29 is 38.1 Å². The van der Waals surface area contributed by atoms with E-state index in [2.05, 4.69) is 11.9 Å². The number of hydrazine groups is 1. The normalized spacial score (nSPS) is 17.4. The van der Waals surface area contributed by atoms with Gasteiger partial charge in [-0.15, -0.1) is 6.58 Å². The van der Waals surface area contributed by atoms with Gasteiger partial charge in [0, 0.05) is 55.8 Å². The van der Waals surface area contributed by atoms with Crippen molar-refractivity contribution in [1.82, 2.24) is 29.7 Å². The predicted octanol–water partition coefficient (Wildman–Crippen LogP) is 5.26. The molecule has 14 nitrogen and oxygen atoms in total. The van der Waals surface area contributed by atoms with Crippen LogP contribution in [0.2, 0.25) is 0 Å². The van der Waals surface area contributed by atoms with Gasteiger partial charge in [-0.3, -0.25) is 24.2 Å². The fraction of sp³-hybridized carbons (Fsp3) is 0.238. The third kappa shape index (κ3) is 8.40. The number of piperazine rings is 1. The lowest BCUT2D eigenvalue weighted by Crippen LogP contribution is -2.76. The molecule has 15 heteroatoms. The summed E-state index contributed by atoms with van der Waals surface area (Å²) in [5, 5.41) is 7.11. The molecule has 0 unspecified atom stereocenters. The molecule has 0 spiro atoms. The molecule has 7 rings (SSSR count). The van der Waals surface area contributed by atoms with Crippen molar-refractivity contribution in [2.75, 3.05) is 19.6 Å². The van der Waals surface area contributed by atoms with Gasteiger partial charge in [0.1, 0.15) is 18.0 Å². The molecular formula is C42H43N6O8P. The zero-order valence-electron chi connectivity index (χ0n) is 31.5. The Labute approximate surface area is 329 Å². The van der Waals surface area contributed by atoms with Crippen molar-refractivity contribution in [3.8, 4) is 16.9 Å². The molecule has 2 aliphatic rings. The summed E-state index contributed by atoms with van der Waals surface area (Å²) in [5.74, 6) is -0.723. The monoisotopic (exact) mass is 790 g/mol. The smallest absolute Gasteiger partial charge is 0.404 e. The first-order valence-electron chi connectivity index (χ1n) is 18.4. The number of ketones is 1. The quantitative estimate of drug-likeness (QED) is 0.0870. The van der Waals surface area contributed by atoms with Gasteiger partial charge in [-0.1, -0.05) is 91.0 Å². The molecule has 5 aromatic rings. The van der Waals surface area contributed by atoms with E-state index in [-0.39, 0.29) is 62.5 Å². The minimum absolute atomic E-state index is 0.0166. The summed E-state index contributed by atoms with van der Waals surface area (Å²) in [6.07, 6.45) is 2.81. The summed E-state index contributed by atoms with van der Waals surface area (Å²) >= 11 is 0. The number of hydrogen-bond donors (Lipinski definition) is 3. The van der Waals surface area contributed by atoms with E-state index in [1.165, 1.54) is 29.0 Å². The van der Waals surface area contributed by atoms with Gasteiger partial charge in [0.25, 0.3) is 0 Å². The summed E-state index contributed by atoms with van der Waals surface area (Å²) in [7, 11) is -2.86. The molecule has 2 atom stereocenters. The van der Waals surface area contributed by atoms with Crippen molar-refractivity contribution in [3.05, 3.63) is 138 Å². The Kier molecular flexibility index (Phi) is 11.1. The highest BCUT2D eigenvalue weighted by molar-refractivity contribution is 7.46. The number of rotatable bonds is 12. The molecule has 57 heavy (non-hydrogen) atoms. The number of amides is 4. The van der Waals surface area contributed by atoms with Crippen LogP contribution in [-0.2, 0) is 40.7 Å². The second kappa shape index (κ2) is 16.2. The Hall–Kier alpha value is -6.05. The number of hydrogen-bond acceptors (Lipinski definition) is 7. The number of carbonyl (C=O) groups excluding carboxylic acids is 4. The second-order valence-corrected chi connectivity index (χ2v) is 15.3. The van der Waals surface area contributed by atoms with Crippen molar-refractivity contribution >= 4 is 42.4 Å². The topological polar surface area (TPSA) is 165 Å². The van der Waals surface area contributed by atoms with Gasteiger partial charge in [0.15, 0.2) is 5.78 Å². The van der Waals surface area contributed by atoms with Gasteiger partial charge >= 0.3 is 13.9 Å². The van der Waals surface area contributed by atoms with E-state index in [9.17, 15) is 33.5 Å². The molecule has 2 saturated heterocycles. The van der Waals surface area contributed by atoms with Gasteiger partial charge in [-0.25, -0.2) is 19.4 Å². The standard InChI is InChI=1S/C42H43N6O8P/c1-4-21-46-27-39(50)47-37(22-29-13-19-34(20-14-29)56-57(53,54)55)41(51)45(26-38(47)48(46)42(52)43-23-30-9-6-5-7-10-30)24-33-11-8-12-35-36(25-44(3)40(33)35)32-17-15-31(16-18-32)28(2)49/h4-20,25,37-38H,1,21-24,26-27H2,2-3H3,(H,43,52)(H2,53,54,55)/t37-,38-/m0/s1. The summed E-state index contributed by atoms with van der Waals surface area (Å²) in [4.78, 5) is 76.7. The number of nitrogens with one attached hydrogen (secondary N) is 1. The van der Waals surface area contributed by atoms with Crippen LogP contribution in [-0.4, -0.2) is 89.6 Å². The zero-order valence-corrected chi connectivity index (χ0v) is 32.4. The number of carbonyl (C=O) groups is 4. The fourth-order valence-electron chi connectivity index (χ4n) is 7.75. The van der Waals surface area contributed by atoms with Gasteiger partial charge in [0.2, 0.25) is 11.8 Å². The highest BCUT2D eigenvalue weighted by Gasteiger charge is 2.51. The minimum atomic E-state index is -4.80. The van der Waals surface area contributed by atoms with E-state index < -0.39 is 26.1 Å². The van der Waals surface area contributed by atoms with E-state index in [1.807, 2.05) is 78.5 Å². The Bertz CT molecular complexity index is 2380. The number of aryl methyl sites for hydroxylation is 1. The number of aromatic nitrogens is 1. The molecular weight excluding hydrogens is 747 g/mol. The highest BCUT2D eigenvalue weighted by atomic mass is 31.2. The average molecular weight is 791 g/mol. The first-order valence-corrected chi connectivity index (χ1v) is 19.9. The first-order chi connectivity index (χ1) is 27.3. The third-order valence-electron chi connectivity index (χ3n) is 10.3. The van der Waals surface area contributed by atoms with Crippen LogP contribution in [0.1, 0.15) is 34.0 Å². The van der Waals surface area contributed by atoms with Gasteiger partial charge in [0.05, 0.1) is 18.6 Å². The molecule has 0 bridgehead atoms. The van der Waals surface area contributed by atoms with Crippen LogP contribution < -0.4 is 9.84 Å². The molecule has 0 saturated carbocycles. The van der Waals surface area contributed by atoms with Crippen LogP contribution in [0.4, 0.5) is 4.79 Å². The number of fused-ring (bicyclic) bond motifs is 2. The van der Waals surface area contributed by atoms with Crippen molar-refractivity contribution in [3.63, 3.8) is 0 Å². The lowest BCUT2D eigenvalue weighted by molar-refractivity contribution is -0.189. The maximum atomic E-state index is 14.7. The largest absolute Gasteiger partial charge is 0.524 e. The van der Waals surface area contributed by atoms with E-state index in [0.717, 1.165) is 33.2 Å². The van der Waals surface area contributed by atoms with Gasteiger partial charge < -0.3 is 24.2 Å². The molecule has 1 aromatic heterocycles. The molecule has 2 fully saturated rings. The highest BCUT2D eigenvalue weighted by Crippen LogP contribution is 2.38. The third-order valence-corrected chi connectivity index (χ3v) is 10.7. The number of benzene rings is 4. The van der Waals surface area contributed by atoms with Crippen LogP contribution in [0.5, 0.6) is 5.75 Å². The molecule has 3 heterocycles. The molecule has 3 N–H and O–H groups in total. The van der Waals surface area contributed by atoms with Crippen molar-refractivity contribution in [2.24, 2.45) is 7.05 Å². The number of Topliss-reactive ketones (excluding diaryl/α,β-unsaturated/α-hetero) is 1. The lowest BCUT2D eigenvalue weighted by Gasteiger charge is -2.55. The van der Waals surface area contributed by atoms with Crippen LogP contribution in [0.3, 0.4) is 0 Å². The fourth-order valence-corrected chi connectivity index (χ4v) is 8.14. The molecule has 294 valence electrons. The number of urea groups is 1. The molecule has 4 amide bonds. The predicted molar refractivity (Wildman–Crippen MR) is 213 cm³/mol. The Morgan fingerprint density at radius 2 is 1.67 bits per heavy atom. The number of para-hydroxylation sites is 1. The number of phosphoric ester groups is 1. The van der Waals surface area contributed by atoms with Crippen LogP contribution >= 0.6 is 7.82 Å². The van der Waals surface area contributed by atoms with Gasteiger partial charge in [-0.2, -0.15) is 0 Å². The van der Waals surface area contributed by atoms with E-state index in [1.54, 1.807) is 40.3 Å². The van der Waals surface area contributed by atoms with E-state index in [4.69, 9.17) is 4.52 Å². The first kappa shape index (κ1) is 39.2. The summed E-state index contributed by atoms with van der Waals surface area (Å²) in [6, 6.07) is 27.3. The van der Waals surface area contributed by atoms with Crippen molar-refractivity contribution in [1.29, 1.82) is 0 Å². The number of nitrogens with zero attached hydrogens (tertiary/aromatic N) is 5. The second-order valence-electron chi connectivity index (χ2n) is 14.2. The summed E-state index contributed by atoms with van der Waals surface area (Å²) in [6.45, 7) is 5.85. The molecule has 0 radical (unpaired) electrons. The SMILES string of the molecule is C=CCN1CC(=O)N2[C@@H](Cc3ccc(OP(=O)(O)O)cc3)C(=O)N(Cc3cccc4c(-c5ccc(C(C)=O)cc5)cn(C)c34)C[C@@H]2N1C(=O)NCc1ccccc1. The molecule has 2 aliphatic heterocycles. The Morgan fingerprint density at radius 3 is 2.33 bits per heavy atom. The zero-order chi connectivity index (χ0) is 40.4. The van der Waals surface area contributed by atoms with Crippen LogP contribution in [0.15, 0.2) is 116 Å². The lowest BCUT2D eigenvalue weighted by atomic mass is 9.97. The van der Waals surface area contributed by atoms with Crippen LogP contribution in [0, 0.1) is 0 Å². The summed E-state index contributed by atoms with van der Waals surface area (Å²) < 4.78 is 18.2. The molecule has 0 aliphatic carbocycles. The van der Waals surface area contributed by atoms with Crippen molar-refractivity contribution in [2.45, 2.75) is 38.6 Å². The molecule has 4 aromatic carbocycles. The van der Waals surface area contributed by atoms with Crippen LogP contribution in [0.25, 0.3) is 22.0 Å². The maximum Gasteiger partial charge on any atom is 0.524 e. The van der Waals surface area contributed by atoms with E-state index >= 15 is 0 Å².